The van der Waals surface area contributed by atoms with Crippen molar-refractivity contribution >= 4 is 10.9 Å². The molecule has 1 aromatic carbocycles. The number of rotatable bonds is 5. The van der Waals surface area contributed by atoms with Crippen molar-refractivity contribution in [3.63, 3.8) is 0 Å². The van der Waals surface area contributed by atoms with E-state index in [4.69, 9.17) is 9.47 Å². The number of aromatic nitrogens is 5. The van der Waals surface area contributed by atoms with Crippen LogP contribution < -0.4 is 15.0 Å². The van der Waals surface area contributed by atoms with Gasteiger partial charge in [0.25, 0.3) is 5.56 Å². The topological polar surface area (TPSA) is 94.9 Å². The minimum Gasteiger partial charge on any atom is -0.497 e. The third-order valence-corrected chi connectivity index (χ3v) is 3.79. The Hall–Kier alpha value is -3.68. The lowest BCUT2D eigenvalue weighted by Crippen LogP contribution is -2.09. The maximum atomic E-state index is 12.1. The summed E-state index contributed by atoms with van der Waals surface area (Å²) in [5.41, 5.74) is 1.23. The number of nitrogens with one attached hydrogen (secondary N) is 1. The molecule has 3 aromatic heterocycles. The van der Waals surface area contributed by atoms with Gasteiger partial charge in [0, 0.05) is 6.20 Å². The molecule has 3 heterocycles. The zero-order chi connectivity index (χ0) is 17.9. The lowest BCUT2D eigenvalue weighted by Gasteiger charge is -2.05. The van der Waals surface area contributed by atoms with Crippen molar-refractivity contribution in [3.8, 4) is 17.5 Å². The standard InChI is InChI=1S/C18H15N5O3/c1-25-13-4-2-3-12(7-13)10-23-11-14(8-20-23)26-18-21-16-9-19-6-5-15(16)17(24)22-18/h2-9,11H,10H2,1H3,(H,21,22,24). The summed E-state index contributed by atoms with van der Waals surface area (Å²) in [6, 6.07) is 9.44. The molecular weight excluding hydrogens is 334 g/mol. The van der Waals surface area contributed by atoms with Crippen LogP contribution in [0.15, 0.2) is 59.9 Å². The molecule has 0 saturated heterocycles. The van der Waals surface area contributed by atoms with Crippen molar-refractivity contribution in [2.45, 2.75) is 6.54 Å². The number of H-pyrrole nitrogens is 1. The minimum absolute atomic E-state index is 0.0939. The van der Waals surface area contributed by atoms with Gasteiger partial charge in [0.2, 0.25) is 0 Å². The number of hydrogen-bond donors (Lipinski definition) is 1. The highest BCUT2D eigenvalue weighted by Crippen LogP contribution is 2.19. The van der Waals surface area contributed by atoms with E-state index in [1.54, 1.807) is 36.4 Å². The second kappa shape index (κ2) is 6.67. The largest absolute Gasteiger partial charge is 0.497 e. The molecule has 0 spiro atoms. The quantitative estimate of drug-likeness (QED) is 0.594. The normalized spacial score (nSPS) is 10.8. The van der Waals surface area contributed by atoms with Crippen LogP contribution in [0.5, 0.6) is 17.5 Å². The molecule has 4 rings (SSSR count). The van der Waals surface area contributed by atoms with Gasteiger partial charge >= 0.3 is 6.01 Å². The summed E-state index contributed by atoms with van der Waals surface area (Å²) in [5.74, 6) is 1.26. The summed E-state index contributed by atoms with van der Waals surface area (Å²) >= 11 is 0. The molecule has 0 aliphatic rings. The maximum absolute atomic E-state index is 12.1. The fourth-order valence-electron chi connectivity index (χ4n) is 2.57. The van der Waals surface area contributed by atoms with Gasteiger partial charge in [0.15, 0.2) is 5.75 Å². The summed E-state index contributed by atoms with van der Waals surface area (Å²) in [5, 5.41) is 4.73. The van der Waals surface area contributed by atoms with Gasteiger partial charge in [0.1, 0.15) is 5.75 Å². The molecule has 8 heteroatoms. The Morgan fingerprint density at radius 2 is 2.12 bits per heavy atom. The monoisotopic (exact) mass is 349 g/mol. The first kappa shape index (κ1) is 15.8. The number of hydrogen-bond acceptors (Lipinski definition) is 6. The first-order valence-corrected chi connectivity index (χ1v) is 7.88. The maximum Gasteiger partial charge on any atom is 0.302 e. The van der Waals surface area contributed by atoms with Gasteiger partial charge in [-0.25, -0.2) is 0 Å². The van der Waals surface area contributed by atoms with E-state index in [9.17, 15) is 4.79 Å². The number of fused-ring (bicyclic) bond motifs is 1. The Balaban J connectivity index is 1.54. The fourth-order valence-corrected chi connectivity index (χ4v) is 2.57. The molecule has 0 fully saturated rings. The molecule has 4 aromatic rings. The lowest BCUT2D eigenvalue weighted by atomic mass is 10.2. The Bertz CT molecular complexity index is 1120. The Kier molecular flexibility index (Phi) is 4.06. The number of pyridine rings is 1. The Morgan fingerprint density at radius 1 is 1.19 bits per heavy atom. The van der Waals surface area contributed by atoms with Crippen LogP contribution in [-0.2, 0) is 6.54 Å². The second-order valence-electron chi connectivity index (χ2n) is 5.59. The summed E-state index contributed by atoms with van der Waals surface area (Å²) in [6.45, 7) is 0.562. The third kappa shape index (κ3) is 3.25. The molecule has 0 atom stereocenters. The van der Waals surface area contributed by atoms with Crippen molar-refractivity contribution in [2.75, 3.05) is 7.11 Å². The molecule has 0 unspecified atom stereocenters. The van der Waals surface area contributed by atoms with Crippen LogP contribution in [-0.4, -0.2) is 31.8 Å². The van der Waals surface area contributed by atoms with Crippen LogP contribution in [0, 0.1) is 0 Å². The summed E-state index contributed by atoms with van der Waals surface area (Å²) in [7, 11) is 1.63. The van der Waals surface area contributed by atoms with Crippen LogP contribution in [0.25, 0.3) is 10.9 Å². The van der Waals surface area contributed by atoms with Gasteiger partial charge in [-0.2, -0.15) is 10.1 Å². The van der Waals surface area contributed by atoms with E-state index in [1.165, 1.54) is 6.20 Å². The highest BCUT2D eigenvalue weighted by atomic mass is 16.5. The van der Waals surface area contributed by atoms with Gasteiger partial charge in [-0.05, 0) is 23.8 Å². The predicted octanol–water partition coefficient (Wildman–Crippen LogP) is 2.36. The zero-order valence-corrected chi connectivity index (χ0v) is 13.9. The molecule has 1 N–H and O–H groups in total. The zero-order valence-electron chi connectivity index (χ0n) is 13.9. The number of nitrogens with zero attached hydrogens (tertiary/aromatic N) is 4. The van der Waals surface area contributed by atoms with Crippen LogP contribution >= 0.6 is 0 Å². The van der Waals surface area contributed by atoms with Gasteiger partial charge < -0.3 is 9.47 Å². The first-order valence-electron chi connectivity index (χ1n) is 7.88. The predicted molar refractivity (Wildman–Crippen MR) is 94.6 cm³/mol. The van der Waals surface area contributed by atoms with Crippen LogP contribution in [0.3, 0.4) is 0 Å². The van der Waals surface area contributed by atoms with E-state index in [1.807, 2.05) is 24.3 Å². The summed E-state index contributed by atoms with van der Waals surface area (Å²) < 4.78 is 12.6. The third-order valence-electron chi connectivity index (χ3n) is 3.79. The molecule has 0 aliphatic heterocycles. The van der Waals surface area contributed by atoms with Gasteiger partial charge in [-0.1, -0.05) is 12.1 Å². The Labute approximate surface area is 148 Å². The van der Waals surface area contributed by atoms with E-state index < -0.39 is 0 Å². The van der Waals surface area contributed by atoms with Crippen molar-refractivity contribution in [1.29, 1.82) is 0 Å². The van der Waals surface area contributed by atoms with E-state index in [0.717, 1.165) is 11.3 Å². The molecule has 0 bridgehead atoms. The van der Waals surface area contributed by atoms with Gasteiger partial charge in [-0.15, -0.1) is 0 Å². The molecule has 0 radical (unpaired) electrons. The molecule has 130 valence electrons. The Morgan fingerprint density at radius 3 is 3.00 bits per heavy atom. The van der Waals surface area contributed by atoms with E-state index in [-0.39, 0.29) is 11.6 Å². The van der Waals surface area contributed by atoms with Crippen molar-refractivity contribution < 1.29 is 9.47 Å². The molecule has 0 aliphatic carbocycles. The van der Waals surface area contributed by atoms with Crippen LogP contribution in [0.1, 0.15) is 5.56 Å². The fraction of sp³-hybridized carbons (Fsp3) is 0.111. The van der Waals surface area contributed by atoms with Crippen molar-refractivity contribution in [1.82, 2.24) is 24.7 Å². The highest BCUT2D eigenvalue weighted by molar-refractivity contribution is 5.76. The highest BCUT2D eigenvalue weighted by Gasteiger charge is 2.08. The van der Waals surface area contributed by atoms with Crippen molar-refractivity contribution in [3.05, 3.63) is 71.0 Å². The molecular formula is C18H15N5O3. The number of ether oxygens (including phenoxy) is 2. The van der Waals surface area contributed by atoms with Crippen LogP contribution in [0.2, 0.25) is 0 Å². The lowest BCUT2D eigenvalue weighted by molar-refractivity contribution is 0.414. The van der Waals surface area contributed by atoms with Gasteiger partial charge in [-0.3, -0.25) is 19.4 Å². The molecule has 8 nitrogen and oxygen atoms in total. The average Bonchev–Trinajstić information content (AvgIpc) is 3.08. The first-order chi connectivity index (χ1) is 12.7. The average molecular weight is 349 g/mol. The number of benzene rings is 1. The van der Waals surface area contributed by atoms with Crippen LogP contribution in [0.4, 0.5) is 0 Å². The summed E-state index contributed by atoms with van der Waals surface area (Å²) in [4.78, 5) is 22.9. The van der Waals surface area contributed by atoms with E-state index >= 15 is 0 Å². The van der Waals surface area contributed by atoms with E-state index in [2.05, 4.69) is 20.1 Å². The molecule has 0 amide bonds. The van der Waals surface area contributed by atoms with E-state index in [0.29, 0.717) is 23.2 Å². The summed E-state index contributed by atoms with van der Waals surface area (Å²) in [6.07, 6.45) is 6.35. The second-order valence-corrected chi connectivity index (χ2v) is 5.59. The number of aromatic amines is 1. The smallest absolute Gasteiger partial charge is 0.302 e. The van der Waals surface area contributed by atoms with Gasteiger partial charge in [0.05, 0.1) is 43.1 Å². The minimum atomic E-state index is -0.281. The molecule has 0 saturated carbocycles. The molecule has 26 heavy (non-hydrogen) atoms. The SMILES string of the molecule is COc1cccc(Cn2cc(Oc3nc4cnccc4c(=O)[nH]3)cn2)c1. The van der Waals surface area contributed by atoms with Crippen molar-refractivity contribution in [2.24, 2.45) is 0 Å². The number of methoxy groups -OCH3 is 1.